The zero-order valence-corrected chi connectivity index (χ0v) is 13.5. The fourth-order valence-electron chi connectivity index (χ4n) is 2.90. The second-order valence-electron chi connectivity index (χ2n) is 5.87. The van der Waals surface area contributed by atoms with Gasteiger partial charge in [-0.3, -0.25) is 0 Å². The molecular weight excluding hydrogens is 321 g/mol. The molecule has 0 atom stereocenters. The van der Waals surface area contributed by atoms with Crippen molar-refractivity contribution in [1.29, 1.82) is 0 Å². The van der Waals surface area contributed by atoms with E-state index in [1.807, 2.05) is 0 Å². The first-order valence-electron chi connectivity index (χ1n) is 7.42. The molecule has 2 rings (SSSR count). The Morgan fingerprint density at radius 3 is 2.70 bits per heavy atom. The number of halogens is 2. The van der Waals surface area contributed by atoms with Crippen molar-refractivity contribution in [1.82, 2.24) is 5.32 Å². The van der Waals surface area contributed by atoms with Crippen LogP contribution in [0.1, 0.15) is 44.6 Å². The summed E-state index contributed by atoms with van der Waals surface area (Å²) in [5, 5.41) is 14.2. The monoisotopic (exact) mass is 343 g/mol. The molecule has 0 radical (unpaired) electrons. The molecule has 1 aromatic carbocycles. The molecule has 0 saturated heterocycles. The van der Waals surface area contributed by atoms with Gasteiger partial charge in [-0.1, -0.05) is 28.9 Å². The summed E-state index contributed by atoms with van der Waals surface area (Å²) in [5.41, 5.74) is 0.332. The standard InChI is InChI=1S/C16H23BrFNO/c1-2-9-19-14-5-7-16(20,8-6-14)11-12-3-4-13(18)10-15(12)17/h3-4,10,14,19-20H,2,5-9,11H2,1H3. The first-order chi connectivity index (χ1) is 9.52. The van der Waals surface area contributed by atoms with Gasteiger partial charge in [0.15, 0.2) is 0 Å². The first kappa shape index (κ1) is 15.9. The molecule has 1 aromatic rings. The van der Waals surface area contributed by atoms with Gasteiger partial charge in [-0.15, -0.1) is 0 Å². The molecule has 0 aromatic heterocycles. The minimum atomic E-state index is -0.648. The predicted molar refractivity (Wildman–Crippen MR) is 83.3 cm³/mol. The Morgan fingerprint density at radius 2 is 2.10 bits per heavy atom. The summed E-state index contributed by atoms with van der Waals surface area (Å²) < 4.78 is 13.8. The van der Waals surface area contributed by atoms with Crippen LogP contribution in [0.3, 0.4) is 0 Å². The van der Waals surface area contributed by atoms with Gasteiger partial charge >= 0.3 is 0 Å². The quantitative estimate of drug-likeness (QED) is 0.852. The SMILES string of the molecule is CCCNC1CCC(O)(Cc2ccc(F)cc2Br)CC1. The van der Waals surface area contributed by atoms with Gasteiger partial charge in [0.25, 0.3) is 0 Å². The molecule has 0 heterocycles. The molecule has 1 fully saturated rings. The summed E-state index contributed by atoms with van der Waals surface area (Å²) in [7, 11) is 0. The fraction of sp³-hybridized carbons (Fsp3) is 0.625. The van der Waals surface area contributed by atoms with Gasteiger partial charge in [0, 0.05) is 16.9 Å². The third-order valence-electron chi connectivity index (χ3n) is 4.13. The maximum absolute atomic E-state index is 13.1. The molecule has 1 aliphatic rings. The zero-order chi connectivity index (χ0) is 14.6. The van der Waals surface area contributed by atoms with E-state index in [0.717, 1.165) is 48.7 Å². The third kappa shape index (κ3) is 4.27. The van der Waals surface area contributed by atoms with Crippen LogP contribution in [-0.2, 0) is 6.42 Å². The number of nitrogens with one attached hydrogen (secondary N) is 1. The van der Waals surface area contributed by atoms with Gasteiger partial charge in [0.2, 0.25) is 0 Å². The van der Waals surface area contributed by atoms with Crippen LogP contribution < -0.4 is 5.32 Å². The summed E-state index contributed by atoms with van der Waals surface area (Å²) in [6.07, 6.45) is 5.36. The van der Waals surface area contributed by atoms with Crippen LogP contribution in [0.5, 0.6) is 0 Å². The highest BCUT2D eigenvalue weighted by Gasteiger charge is 2.33. The molecule has 2 N–H and O–H groups in total. The molecule has 20 heavy (non-hydrogen) atoms. The van der Waals surface area contributed by atoms with Crippen LogP contribution in [0.2, 0.25) is 0 Å². The maximum Gasteiger partial charge on any atom is 0.124 e. The summed E-state index contributed by atoms with van der Waals surface area (Å²) in [6, 6.07) is 5.22. The highest BCUT2D eigenvalue weighted by molar-refractivity contribution is 9.10. The molecule has 2 nitrogen and oxygen atoms in total. The summed E-state index contributed by atoms with van der Waals surface area (Å²) in [4.78, 5) is 0. The van der Waals surface area contributed by atoms with E-state index >= 15 is 0 Å². The lowest BCUT2D eigenvalue weighted by Gasteiger charge is -2.36. The van der Waals surface area contributed by atoms with Crippen LogP contribution in [0.4, 0.5) is 4.39 Å². The lowest BCUT2D eigenvalue weighted by atomic mass is 9.78. The maximum atomic E-state index is 13.1. The lowest BCUT2D eigenvalue weighted by molar-refractivity contribution is -0.00321. The molecule has 0 bridgehead atoms. The minimum Gasteiger partial charge on any atom is -0.390 e. The molecule has 1 saturated carbocycles. The van der Waals surface area contributed by atoms with E-state index in [1.165, 1.54) is 12.1 Å². The van der Waals surface area contributed by atoms with Crippen molar-refractivity contribution < 1.29 is 9.50 Å². The smallest absolute Gasteiger partial charge is 0.124 e. The fourth-order valence-corrected chi connectivity index (χ4v) is 3.40. The molecule has 0 unspecified atom stereocenters. The Bertz CT molecular complexity index is 444. The van der Waals surface area contributed by atoms with Gasteiger partial charge in [-0.2, -0.15) is 0 Å². The van der Waals surface area contributed by atoms with Crippen molar-refractivity contribution in [3.8, 4) is 0 Å². The Hall–Kier alpha value is -0.450. The van der Waals surface area contributed by atoms with Crippen molar-refractivity contribution in [2.75, 3.05) is 6.54 Å². The first-order valence-corrected chi connectivity index (χ1v) is 8.21. The molecule has 0 aliphatic heterocycles. The van der Waals surface area contributed by atoms with Gasteiger partial charge in [-0.25, -0.2) is 4.39 Å². The Labute approximate surface area is 128 Å². The second kappa shape index (κ2) is 7.01. The summed E-state index contributed by atoms with van der Waals surface area (Å²) in [6.45, 7) is 3.21. The number of rotatable bonds is 5. The van der Waals surface area contributed by atoms with Crippen LogP contribution in [0.15, 0.2) is 22.7 Å². The highest BCUT2D eigenvalue weighted by Crippen LogP contribution is 2.33. The minimum absolute atomic E-state index is 0.250. The molecule has 112 valence electrons. The molecule has 0 spiro atoms. The molecule has 1 aliphatic carbocycles. The molecule has 4 heteroatoms. The third-order valence-corrected chi connectivity index (χ3v) is 4.87. The molecular formula is C16H23BrFNO. The number of hydrogen-bond acceptors (Lipinski definition) is 2. The van der Waals surface area contributed by atoms with Gasteiger partial charge in [0.1, 0.15) is 5.82 Å². The van der Waals surface area contributed by atoms with E-state index in [2.05, 4.69) is 28.2 Å². The van der Waals surface area contributed by atoms with E-state index in [0.29, 0.717) is 12.5 Å². The number of aliphatic hydroxyl groups is 1. The second-order valence-corrected chi connectivity index (χ2v) is 6.72. The average molecular weight is 344 g/mol. The average Bonchev–Trinajstić information content (AvgIpc) is 2.42. The topological polar surface area (TPSA) is 32.3 Å². The van der Waals surface area contributed by atoms with Gasteiger partial charge in [-0.05, 0) is 56.3 Å². The normalized spacial score (nSPS) is 26.7. The van der Waals surface area contributed by atoms with E-state index < -0.39 is 5.60 Å². The summed E-state index contributed by atoms with van der Waals surface area (Å²) >= 11 is 3.38. The summed E-state index contributed by atoms with van der Waals surface area (Å²) in [5.74, 6) is -0.250. The largest absolute Gasteiger partial charge is 0.390 e. The van der Waals surface area contributed by atoms with E-state index in [-0.39, 0.29) is 5.82 Å². The van der Waals surface area contributed by atoms with E-state index in [1.54, 1.807) is 6.07 Å². The van der Waals surface area contributed by atoms with Gasteiger partial charge < -0.3 is 10.4 Å². The van der Waals surface area contributed by atoms with Crippen molar-refractivity contribution in [3.63, 3.8) is 0 Å². The van der Waals surface area contributed by atoms with Crippen LogP contribution >= 0.6 is 15.9 Å². The van der Waals surface area contributed by atoms with E-state index in [4.69, 9.17) is 0 Å². The van der Waals surface area contributed by atoms with Crippen molar-refractivity contribution >= 4 is 15.9 Å². The lowest BCUT2D eigenvalue weighted by Crippen LogP contribution is -2.42. The zero-order valence-electron chi connectivity index (χ0n) is 12.0. The Kier molecular flexibility index (Phi) is 5.58. The highest BCUT2D eigenvalue weighted by atomic mass is 79.9. The van der Waals surface area contributed by atoms with Crippen molar-refractivity contribution in [2.24, 2.45) is 0 Å². The Morgan fingerprint density at radius 1 is 1.40 bits per heavy atom. The number of benzene rings is 1. The van der Waals surface area contributed by atoms with Gasteiger partial charge in [0.05, 0.1) is 5.60 Å². The van der Waals surface area contributed by atoms with Crippen LogP contribution in [0.25, 0.3) is 0 Å². The van der Waals surface area contributed by atoms with E-state index in [9.17, 15) is 9.50 Å². The van der Waals surface area contributed by atoms with Crippen molar-refractivity contribution in [2.45, 2.75) is 57.1 Å². The Balaban J connectivity index is 1.93. The van der Waals surface area contributed by atoms with Crippen molar-refractivity contribution in [3.05, 3.63) is 34.1 Å². The predicted octanol–water partition coefficient (Wildman–Crippen LogP) is 3.80. The molecule has 0 amide bonds. The number of hydrogen-bond donors (Lipinski definition) is 2. The van der Waals surface area contributed by atoms with Crippen LogP contribution in [0, 0.1) is 5.82 Å². The van der Waals surface area contributed by atoms with Crippen LogP contribution in [-0.4, -0.2) is 23.3 Å².